The second-order valence-electron chi connectivity index (χ2n) is 7.35. The number of anilines is 1. The summed E-state index contributed by atoms with van der Waals surface area (Å²) in [7, 11) is 0. The minimum Gasteiger partial charge on any atom is -0.494 e. The van der Waals surface area contributed by atoms with E-state index < -0.39 is 0 Å². The first-order valence-corrected chi connectivity index (χ1v) is 10.8. The first kappa shape index (κ1) is 21.5. The number of hydrogen-bond donors (Lipinski definition) is 2. The minimum absolute atomic E-state index is 0.214. The van der Waals surface area contributed by atoms with Crippen molar-refractivity contribution >= 4 is 40.0 Å². The van der Waals surface area contributed by atoms with Crippen molar-refractivity contribution in [1.82, 2.24) is 10.3 Å². The molecule has 0 bridgehead atoms. The zero-order chi connectivity index (χ0) is 22.5. The number of fused-ring (bicyclic) bond motifs is 1. The number of carbonyl (C=O) groups is 1. The van der Waals surface area contributed by atoms with Gasteiger partial charge in [0.2, 0.25) is 5.89 Å². The van der Waals surface area contributed by atoms with Crippen LogP contribution in [0.25, 0.3) is 22.6 Å². The van der Waals surface area contributed by atoms with Crippen molar-refractivity contribution in [1.29, 1.82) is 0 Å². The van der Waals surface area contributed by atoms with Gasteiger partial charge >= 0.3 is 0 Å². The molecular formula is C25H23N3O3S. The van der Waals surface area contributed by atoms with E-state index in [9.17, 15) is 4.79 Å². The number of aryl methyl sites for hydroxylation is 1. The summed E-state index contributed by atoms with van der Waals surface area (Å²) in [6, 6.07) is 20.4. The van der Waals surface area contributed by atoms with E-state index in [1.165, 1.54) is 0 Å². The zero-order valence-electron chi connectivity index (χ0n) is 17.8. The molecule has 0 saturated heterocycles. The first-order valence-electron chi connectivity index (χ1n) is 10.3. The van der Waals surface area contributed by atoms with Crippen LogP contribution < -0.4 is 15.4 Å². The van der Waals surface area contributed by atoms with E-state index in [0.717, 1.165) is 40.1 Å². The predicted molar refractivity (Wildman–Crippen MR) is 130 cm³/mol. The number of oxazole rings is 1. The van der Waals surface area contributed by atoms with Crippen LogP contribution in [-0.2, 0) is 0 Å². The van der Waals surface area contributed by atoms with E-state index in [0.29, 0.717) is 18.1 Å². The molecule has 0 atom stereocenters. The van der Waals surface area contributed by atoms with Gasteiger partial charge in [0.15, 0.2) is 10.7 Å². The highest BCUT2D eigenvalue weighted by atomic mass is 32.1. The molecule has 0 unspecified atom stereocenters. The quantitative estimate of drug-likeness (QED) is 0.370. The summed E-state index contributed by atoms with van der Waals surface area (Å²) in [6.45, 7) is 4.70. The topological polar surface area (TPSA) is 76.4 Å². The summed E-state index contributed by atoms with van der Waals surface area (Å²) in [6.07, 6.45) is 0.928. The second kappa shape index (κ2) is 9.62. The van der Waals surface area contributed by atoms with Crippen molar-refractivity contribution in [3.8, 4) is 17.2 Å². The predicted octanol–water partition coefficient (Wildman–Crippen LogP) is 5.72. The number of nitrogens with zero attached hydrogens (tertiary/aromatic N) is 1. The SMILES string of the molecule is CCCOc1ccc(C(=O)NC(=S)Nc2ccc(-c3nc4ccc(C)cc4o3)cc2)cc1. The number of amides is 1. The molecule has 2 N–H and O–H groups in total. The number of rotatable bonds is 6. The van der Waals surface area contributed by atoms with Crippen LogP contribution in [0.5, 0.6) is 5.75 Å². The number of ether oxygens (including phenoxy) is 1. The molecule has 4 aromatic rings. The molecule has 0 aliphatic carbocycles. The Bertz CT molecular complexity index is 1250. The van der Waals surface area contributed by atoms with E-state index in [4.69, 9.17) is 21.4 Å². The molecule has 1 aromatic heterocycles. The summed E-state index contributed by atoms with van der Waals surface area (Å²) in [5, 5.41) is 5.92. The fourth-order valence-electron chi connectivity index (χ4n) is 3.11. The lowest BCUT2D eigenvalue weighted by Crippen LogP contribution is -2.34. The van der Waals surface area contributed by atoms with Crippen molar-refractivity contribution < 1.29 is 13.9 Å². The van der Waals surface area contributed by atoms with Gasteiger partial charge in [0.1, 0.15) is 11.3 Å². The molecular weight excluding hydrogens is 422 g/mol. The van der Waals surface area contributed by atoms with E-state index in [1.54, 1.807) is 24.3 Å². The van der Waals surface area contributed by atoms with Crippen LogP contribution in [0.1, 0.15) is 29.3 Å². The maximum Gasteiger partial charge on any atom is 0.257 e. The molecule has 32 heavy (non-hydrogen) atoms. The molecule has 6 nitrogen and oxygen atoms in total. The average molecular weight is 446 g/mol. The summed E-state index contributed by atoms with van der Waals surface area (Å²) in [4.78, 5) is 17.0. The van der Waals surface area contributed by atoms with Gasteiger partial charge in [-0.3, -0.25) is 10.1 Å². The van der Waals surface area contributed by atoms with Gasteiger partial charge in [0.25, 0.3) is 5.91 Å². The Hall–Kier alpha value is -3.71. The van der Waals surface area contributed by atoms with Gasteiger partial charge in [-0.05, 0) is 91.8 Å². The standard InChI is InChI=1S/C25H23N3O3S/c1-3-14-30-20-11-7-17(8-12-20)23(29)28-25(32)26-19-9-5-18(6-10-19)24-27-21-13-4-16(2)15-22(21)31-24/h4-13,15H,3,14H2,1-2H3,(H2,26,28,29,32). The molecule has 1 heterocycles. The summed E-state index contributed by atoms with van der Waals surface area (Å²) in [5.74, 6) is 1.00. The third kappa shape index (κ3) is 5.12. The lowest BCUT2D eigenvalue weighted by atomic mass is 10.2. The Morgan fingerprint density at radius 3 is 2.53 bits per heavy atom. The van der Waals surface area contributed by atoms with E-state index >= 15 is 0 Å². The van der Waals surface area contributed by atoms with Crippen molar-refractivity contribution in [2.75, 3.05) is 11.9 Å². The molecule has 0 fully saturated rings. The molecule has 0 aliphatic rings. The van der Waals surface area contributed by atoms with Gasteiger partial charge in [0, 0.05) is 16.8 Å². The fraction of sp³-hybridized carbons (Fsp3) is 0.160. The molecule has 0 aliphatic heterocycles. The highest BCUT2D eigenvalue weighted by Crippen LogP contribution is 2.26. The molecule has 4 rings (SSSR count). The first-order chi connectivity index (χ1) is 15.5. The zero-order valence-corrected chi connectivity index (χ0v) is 18.7. The van der Waals surface area contributed by atoms with Crippen molar-refractivity contribution in [3.63, 3.8) is 0 Å². The third-order valence-corrected chi connectivity index (χ3v) is 4.95. The normalized spacial score (nSPS) is 10.7. The monoisotopic (exact) mass is 445 g/mol. The molecule has 0 spiro atoms. The molecule has 3 aromatic carbocycles. The smallest absolute Gasteiger partial charge is 0.257 e. The molecule has 1 amide bonds. The lowest BCUT2D eigenvalue weighted by molar-refractivity contribution is 0.0977. The Kier molecular flexibility index (Phi) is 6.47. The number of thiocarbonyl (C=S) groups is 1. The van der Waals surface area contributed by atoms with Crippen LogP contribution in [0.3, 0.4) is 0 Å². The highest BCUT2D eigenvalue weighted by Gasteiger charge is 2.10. The number of hydrogen-bond acceptors (Lipinski definition) is 5. The van der Waals surface area contributed by atoms with Crippen LogP contribution in [0.2, 0.25) is 0 Å². The van der Waals surface area contributed by atoms with Gasteiger partial charge in [-0.1, -0.05) is 13.0 Å². The van der Waals surface area contributed by atoms with Crippen LogP contribution >= 0.6 is 12.2 Å². The summed E-state index contributed by atoms with van der Waals surface area (Å²) in [5.41, 5.74) is 4.80. The van der Waals surface area contributed by atoms with Gasteiger partial charge in [-0.25, -0.2) is 4.98 Å². The summed E-state index contributed by atoms with van der Waals surface area (Å²) < 4.78 is 11.4. The number of benzene rings is 3. The van der Waals surface area contributed by atoms with Crippen molar-refractivity contribution in [2.45, 2.75) is 20.3 Å². The largest absolute Gasteiger partial charge is 0.494 e. The van der Waals surface area contributed by atoms with Crippen molar-refractivity contribution in [3.05, 3.63) is 77.9 Å². The Morgan fingerprint density at radius 2 is 1.81 bits per heavy atom. The van der Waals surface area contributed by atoms with Gasteiger partial charge in [0.05, 0.1) is 6.61 Å². The Morgan fingerprint density at radius 1 is 1.06 bits per heavy atom. The number of aromatic nitrogens is 1. The van der Waals surface area contributed by atoms with E-state index in [1.807, 2.05) is 56.3 Å². The molecule has 162 valence electrons. The second-order valence-corrected chi connectivity index (χ2v) is 7.76. The Labute approximate surface area is 191 Å². The third-order valence-electron chi connectivity index (χ3n) is 4.75. The lowest BCUT2D eigenvalue weighted by Gasteiger charge is -2.10. The fourth-order valence-corrected chi connectivity index (χ4v) is 3.32. The molecule has 0 radical (unpaired) electrons. The summed E-state index contributed by atoms with van der Waals surface area (Å²) >= 11 is 5.28. The minimum atomic E-state index is -0.289. The van der Waals surface area contributed by atoms with E-state index in [-0.39, 0.29) is 11.0 Å². The molecule has 0 saturated carbocycles. The average Bonchev–Trinajstić information content (AvgIpc) is 3.21. The maximum absolute atomic E-state index is 12.4. The highest BCUT2D eigenvalue weighted by molar-refractivity contribution is 7.80. The van der Waals surface area contributed by atoms with Gasteiger partial charge < -0.3 is 14.5 Å². The van der Waals surface area contributed by atoms with Gasteiger partial charge in [-0.15, -0.1) is 0 Å². The van der Waals surface area contributed by atoms with E-state index in [2.05, 4.69) is 15.6 Å². The maximum atomic E-state index is 12.4. The Balaban J connectivity index is 1.36. The van der Waals surface area contributed by atoms with Crippen molar-refractivity contribution in [2.24, 2.45) is 0 Å². The van der Waals surface area contributed by atoms with Gasteiger partial charge in [-0.2, -0.15) is 0 Å². The van der Waals surface area contributed by atoms with Crippen LogP contribution in [0.15, 0.2) is 71.1 Å². The van der Waals surface area contributed by atoms with Crippen LogP contribution in [0, 0.1) is 6.92 Å². The van der Waals surface area contributed by atoms with Crippen LogP contribution in [-0.4, -0.2) is 22.6 Å². The van der Waals surface area contributed by atoms with Crippen LogP contribution in [0.4, 0.5) is 5.69 Å². The number of carbonyl (C=O) groups excluding carboxylic acids is 1. The number of nitrogens with one attached hydrogen (secondary N) is 2. The molecule has 7 heteroatoms.